The van der Waals surface area contributed by atoms with Crippen LogP contribution in [0.1, 0.15) is 24.0 Å². The van der Waals surface area contributed by atoms with E-state index in [0.717, 1.165) is 48.8 Å². The van der Waals surface area contributed by atoms with Crippen molar-refractivity contribution in [3.05, 3.63) is 48.0 Å². The normalized spacial score (nSPS) is 14.8. The molecule has 1 N–H and O–H groups in total. The summed E-state index contributed by atoms with van der Waals surface area (Å²) >= 11 is 0. The monoisotopic (exact) mass is 392 g/mol. The van der Waals surface area contributed by atoms with Gasteiger partial charge in [-0.25, -0.2) is 9.97 Å². The zero-order valence-corrected chi connectivity index (χ0v) is 17.5. The number of hydrogen-bond acceptors (Lipinski definition) is 7. The maximum atomic E-state index is 4.78. The quantitative estimate of drug-likeness (QED) is 0.715. The summed E-state index contributed by atoms with van der Waals surface area (Å²) in [5, 5.41) is 7.41. The van der Waals surface area contributed by atoms with Crippen LogP contribution in [0.2, 0.25) is 0 Å². The number of nitrogens with one attached hydrogen (secondary N) is 1. The molecule has 0 unspecified atom stereocenters. The Morgan fingerprint density at radius 2 is 1.86 bits per heavy atom. The van der Waals surface area contributed by atoms with Crippen LogP contribution in [0.3, 0.4) is 0 Å². The molecule has 1 aliphatic heterocycles. The van der Waals surface area contributed by atoms with Gasteiger partial charge in [0.25, 0.3) is 0 Å². The van der Waals surface area contributed by atoms with Crippen molar-refractivity contribution in [2.45, 2.75) is 32.7 Å². The van der Waals surface area contributed by atoms with Crippen LogP contribution in [0, 0.1) is 13.8 Å². The van der Waals surface area contributed by atoms with Crippen molar-refractivity contribution in [2.24, 2.45) is 7.05 Å². The van der Waals surface area contributed by atoms with Gasteiger partial charge in [0.05, 0.1) is 11.9 Å². The van der Waals surface area contributed by atoms with E-state index >= 15 is 0 Å². The van der Waals surface area contributed by atoms with Gasteiger partial charge in [-0.1, -0.05) is 6.07 Å². The second kappa shape index (κ2) is 8.06. The minimum atomic E-state index is 0.441. The standard InChI is InChI=1S/C21H28N8/c1-15-5-6-19(22-11-15)29-9-7-18(8-10-29)28(4)20-16(2)12-23-21(26-20)25-17-13-24-27(3)14-17/h5-6,11-14,18H,7-10H2,1-4H3,(H,23,25,26). The third kappa shape index (κ3) is 4.31. The van der Waals surface area contributed by atoms with Crippen molar-refractivity contribution in [2.75, 3.05) is 35.3 Å². The molecule has 0 amide bonds. The van der Waals surface area contributed by atoms with E-state index in [1.54, 1.807) is 10.9 Å². The number of pyridine rings is 1. The van der Waals surface area contributed by atoms with Crippen molar-refractivity contribution in [1.29, 1.82) is 0 Å². The fourth-order valence-corrected chi connectivity index (χ4v) is 3.77. The topological polar surface area (TPSA) is 75.0 Å². The molecular weight excluding hydrogens is 364 g/mol. The Labute approximate surface area is 171 Å². The third-order valence-electron chi connectivity index (χ3n) is 5.47. The molecule has 0 saturated carbocycles. The molecule has 0 aliphatic carbocycles. The van der Waals surface area contributed by atoms with Crippen LogP contribution in [-0.2, 0) is 7.05 Å². The van der Waals surface area contributed by atoms with Gasteiger partial charge in [0.2, 0.25) is 5.95 Å². The van der Waals surface area contributed by atoms with Gasteiger partial charge in [-0.05, 0) is 38.3 Å². The van der Waals surface area contributed by atoms with Crippen LogP contribution >= 0.6 is 0 Å². The Morgan fingerprint density at radius 1 is 1.07 bits per heavy atom. The molecule has 0 bridgehead atoms. The molecule has 4 heterocycles. The summed E-state index contributed by atoms with van der Waals surface area (Å²) in [5.74, 6) is 2.63. The van der Waals surface area contributed by atoms with E-state index in [1.807, 2.05) is 25.6 Å². The highest BCUT2D eigenvalue weighted by Crippen LogP contribution is 2.26. The van der Waals surface area contributed by atoms with Gasteiger partial charge in [-0.15, -0.1) is 0 Å². The zero-order chi connectivity index (χ0) is 20.4. The van der Waals surface area contributed by atoms with E-state index in [4.69, 9.17) is 4.98 Å². The zero-order valence-electron chi connectivity index (χ0n) is 17.5. The van der Waals surface area contributed by atoms with E-state index < -0.39 is 0 Å². The molecule has 0 atom stereocenters. The summed E-state index contributed by atoms with van der Waals surface area (Å²) in [7, 11) is 4.02. The van der Waals surface area contributed by atoms with E-state index in [-0.39, 0.29) is 0 Å². The van der Waals surface area contributed by atoms with E-state index in [2.05, 4.69) is 63.2 Å². The Bertz CT molecular complexity index is 957. The second-order valence-electron chi connectivity index (χ2n) is 7.75. The van der Waals surface area contributed by atoms with Gasteiger partial charge >= 0.3 is 0 Å². The Hall–Kier alpha value is -3.16. The highest BCUT2D eigenvalue weighted by molar-refractivity contribution is 5.55. The molecule has 152 valence electrons. The number of anilines is 4. The summed E-state index contributed by atoms with van der Waals surface area (Å²) in [5.41, 5.74) is 3.15. The average molecular weight is 393 g/mol. The van der Waals surface area contributed by atoms with Gasteiger partial charge in [0.15, 0.2) is 0 Å². The summed E-state index contributed by atoms with van der Waals surface area (Å²) in [6.45, 7) is 6.12. The van der Waals surface area contributed by atoms with Crippen molar-refractivity contribution in [3.8, 4) is 0 Å². The number of piperidine rings is 1. The number of nitrogens with zero attached hydrogens (tertiary/aromatic N) is 7. The predicted molar refractivity (Wildman–Crippen MR) is 116 cm³/mol. The van der Waals surface area contributed by atoms with Crippen LogP contribution in [-0.4, -0.2) is 50.9 Å². The Kier molecular flexibility index (Phi) is 5.33. The van der Waals surface area contributed by atoms with Crippen LogP contribution in [0.25, 0.3) is 0 Å². The first-order chi connectivity index (χ1) is 14.0. The van der Waals surface area contributed by atoms with E-state index in [0.29, 0.717) is 12.0 Å². The van der Waals surface area contributed by atoms with Crippen molar-refractivity contribution >= 4 is 23.3 Å². The Morgan fingerprint density at radius 3 is 2.52 bits per heavy atom. The van der Waals surface area contributed by atoms with Gasteiger partial charge < -0.3 is 15.1 Å². The number of aryl methyl sites for hydroxylation is 3. The highest BCUT2D eigenvalue weighted by Gasteiger charge is 2.25. The van der Waals surface area contributed by atoms with Gasteiger partial charge in [-0.2, -0.15) is 10.1 Å². The van der Waals surface area contributed by atoms with Crippen LogP contribution in [0.5, 0.6) is 0 Å². The minimum Gasteiger partial charge on any atom is -0.356 e. The maximum absolute atomic E-state index is 4.78. The predicted octanol–water partition coefficient (Wildman–Crippen LogP) is 3.07. The fraction of sp³-hybridized carbons (Fsp3) is 0.429. The largest absolute Gasteiger partial charge is 0.356 e. The summed E-state index contributed by atoms with van der Waals surface area (Å²) < 4.78 is 1.75. The molecular formula is C21H28N8. The number of aromatic nitrogens is 5. The van der Waals surface area contributed by atoms with Gasteiger partial charge in [0, 0.05) is 57.4 Å². The number of hydrogen-bond donors (Lipinski definition) is 1. The molecule has 1 saturated heterocycles. The molecule has 3 aromatic heterocycles. The Balaban J connectivity index is 1.43. The fourth-order valence-electron chi connectivity index (χ4n) is 3.77. The molecule has 1 fully saturated rings. The second-order valence-corrected chi connectivity index (χ2v) is 7.75. The van der Waals surface area contributed by atoms with Gasteiger partial charge in [-0.3, -0.25) is 4.68 Å². The van der Waals surface area contributed by atoms with Crippen molar-refractivity contribution < 1.29 is 0 Å². The molecule has 1 aliphatic rings. The smallest absolute Gasteiger partial charge is 0.229 e. The molecule has 8 nitrogen and oxygen atoms in total. The lowest BCUT2D eigenvalue weighted by atomic mass is 10.0. The summed E-state index contributed by atoms with van der Waals surface area (Å²) in [4.78, 5) is 18.4. The van der Waals surface area contributed by atoms with E-state index in [1.165, 1.54) is 5.56 Å². The highest BCUT2D eigenvalue weighted by atomic mass is 15.3. The molecule has 0 aromatic carbocycles. The molecule has 3 aromatic rings. The lowest BCUT2D eigenvalue weighted by Gasteiger charge is -2.38. The van der Waals surface area contributed by atoms with Crippen LogP contribution < -0.4 is 15.1 Å². The summed E-state index contributed by atoms with van der Waals surface area (Å²) in [6, 6.07) is 4.68. The molecule has 0 radical (unpaired) electrons. The lowest BCUT2D eigenvalue weighted by Crippen LogP contribution is -2.44. The first-order valence-electron chi connectivity index (χ1n) is 9.99. The molecule has 4 rings (SSSR count). The van der Waals surface area contributed by atoms with Crippen LogP contribution in [0.15, 0.2) is 36.9 Å². The van der Waals surface area contributed by atoms with Crippen LogP contribution in [0.4, 0.5) is 23.3 Å². The van der Waals surface area contributed by atoms with Crippen molar-refractivity contribution in [1.82, 2.24) is 24.7 Å². The first-order valence-corrected chi connectivity index (χ1v) is 9.99. The lowest BCUT2D eigenvalue weighted by molar-refractivity contribution is 0.477. The molecule has 0 spiro atoms. The molecule has 29 heavy (non-hydrogen) atoms. The molecule has 8 heteroatoms. The summed E-state index contributed by atoms with van der Waals surface area (Å²) in [6.07, 6.45) is 9.63. The average Bonchev–Trinajstić information content (AvgIpc) is 3.14. The van der Waals surface area contributed by atoms with E-state index in [9.17, 15) is 0 Å². The number of rotatable bonds is 5. The third-order valence-corrected chi connectivity index (χ3v) is 5.47. The minimum absolute atomic E-state index is 0.441. The van der Waals surface area contributed by atoms with Crippen molar-refractivity contribution in [3.63, 3.8) is 0 Å². The van der Waals surface area contributed by atoms with Gasteiger partial charge in [0.1, 0.15) is 11.6 Å². The maximum Gasteiger partial charge on any atom is 0.229 e. The first kappa shape index (κ1) is 19.2. The SMILES string of the molecule is Cc1ccc(N2CCC(N(C)c3nc(Nc4cnn(C)c4)ncc3C)CC2)nc1.